The molecule has 0 saturated heterocycles. The Balaban J connectivity index is 2.96. The molecule has 0 aromatic rings. The first-order valence-electron chi connectivity index (χ1n) is 4.54. The van der Waals surface area contributed by atoms with Gasteiger partial charge in [-0.25, -0.2) is 0 Å². The van der Waals surface area contributed by atoms with Crippen LogP contribution >= 0.6 is 0 Å². The number of hydrogen-bond acceptors (Lipinski definition) is 3. The van der Waals surface area contributed by atoms with Gasteiger partial charge in [-0.2, -0.15) is 0 Å². The number of carboxylic acids is 1. The number of hydrogen-bond donors (Lipinski definition) is 1. The van der Waals surface area contributed by atoms with E-state index in [2.05, 4.69) is 0 Å². The maximum absolute atomic E-state index is 10.1. The first kappa shape index (κ1) is 12.4. The molecule has 0 aliphatic heterocycles. The summed E-state index contributed by atoms with van der Waals surface area (Å²) in [5.74, 6) is -0.821. The molecule has 0 heterocycles. The van der Waals surface area contributed by atoms with Crippen molar-refractivity contribution < 1.29 is 19.4 Å². The van der Waals surface area contributed by atoms with Crippen LogP contribution in [0.2, 0.25) is 0 Å². The van der Waals surface area contributed by atoms with Gasteiger partial charge in [-0.1, -0.05) is 0 Å². The lowest BCUT2D eigenvalue weighted by molar-refractivity contribution is -0.138. The van der Waals surface area contributed by atoms with Crippen molar-refractivity contribution in [2.24, 2.45) is 0 Å². The fraction of sp³-hybridized carbons (Fsp3) is 0.889. The number of rotatable bonds is 8. The van der Waals surface area contributed by atoms with Crippen LogP contribution in [0.1, 0.15) is 26.7 Å². The van der Waals surface area contributed by atoms with E-state index in [0.29, 0.717) is 13.2 Å². The molecule has 0 amide bonds. The molecule has 0 unspecified atom stereocenters. The molecule has 4 nitrogen and oxygen atoms in total. The Labute approximate surface area is 78.8 Å². The van der Waals surface area contributed by atoms with Gasteiger partial charge in [0.1, 0.15) is 0 Å². The van der Waals surface area contributed by atoms with Gasteiger partial charge in [0.05, 0.1) is 19.1 Å². The van der Waals surface area contributed by atoms with E-state index in [0.717, 1.165) is 6.42 Å². The summed E-state index contributed by atoms with van der Waals surface area (Å²) in [6, 6.07) is 0. The SMILES string of the molecule is CC(C)OCCCOCCC(=O)O. The predicted octanol–water partition coefficient (Wildman–Crippen LogP) is 1.29. The zero-order valence-corrected chi connectivity index (χ0v) is 8.28. The van der Waals surface area contributed by atoms with Gasteiger partial charge < -0.3 is 14.6 Å². The first-order valence-corrected chi connectivity index (χ1v) is 4.54. The molecular formula is C9H18O4. The highest BCUT2D eigenvalue weighted by molar-refractivity contribution is 5.66. The minimum absolute atomic E-state index is 0.0744. The van der Waals surface area contributed by atoms with E-state index in [9.17, 15) is 4.79 Å². The number of aliphatic carboxylic acids is 1. The van der Waals surface area contributed by atoms with Crippen LogP contribution in [0.4, 0.5) is 0 Å². The molecule has 4 heteroatoms. The molecule has 0 saturated carbocycles. The van der Waals surface area contributed by atoms with Crippen LogP contribution in [0.25, 0.3) is 0 Å². The zero-order chi connectivity index (χ0) is 10.1. The maximum Gasteiger partial charge on any atom is 0.305 e. The molecule has 0 rings (SSSR count). The Morgan fingerprint density at radius 1 is 1.31 bits per heavy atom. The third-order valence-electron chi connectivity index (χ3n) is 1.34. The van der Waals surface area contributed by atoms with Gasteiger partial charge >= 0.3 is 5.97 Å². The van der Waals surface area contributed by atoms with Gasteiger partial charge in [-0.05, 0) is 20.3 Å². The van der Waals surface area contributed by atoms with Gasteiger partial charge in [-0.3, -0.25) is 4.79 Å². The molecule has 1 N–H and O–H groups in total. The van der Waals surface area contributed by atoms with Crippen molar-refractivity contribution in [3.63, 3.8) is 0 Å². The van der Waals surface area contributed by atoms with Crippen LogP contribution in [0.15, 0.2) is 0 Å². The summed E-state index contributed by atoms with van der Waals surface area (Å²) < 4.78 is 10.3. The Morgan fingerprint density at radius 2 is 2.00 bits per heavy atom. The second kappa shape index (κ2) is 8.01. The average Bonchev–Trinajstić information content (AvgIpc) is 2.01. The topological polar surface area (TPSA) is 55.8 Å². The molecule has 0 aliphatic rings. The van der Waals surface area contributed by atoms with Gasteiger partial charge in [0.25, 0.3) is 0 Å². The quantitative estimate of drug-likeness (QED) is 0.586. The third-order valence-corrected chi connectivity index (χ3v) is 1.34. The van der Waals surface area contributed by atoms with Crippen molar-refractivity contribution in [2.75, 3.05) is 19.8 Å². The molecule has 0 aromatic carbocycles. The molecule has 0 bridgehead atoms. The van der Waals surface area contributed by atoms with Crippen molar-refractivity contribution in [2.45, 2.75) is 32.8 Å². The summed E-state index contributed by atoms with van der Waals surface area (Å²) in [6.07, 6.45) is 1.14. The number of carbonyl (C=O) groups is 1. The van der Waals surface area contributed by atoms with Gasteiger partial charge in [0, 0.05) is 13.2 Å². The monoisotopic (exact) mass is 190 g/mol. The van der Waals surface area contributed by atoms with Gasteiger partial charge in [-0.15, -0.1) is 0 Å². The molecular weight excluding hydrogens is 172 g/mol. The molecule has 78 valence electrons. The Kier molecular flexibility index (Phi) is 7.63. The lowest BCUT2D eigenvalue weighted by Crippen LogP contribution is -2.08. The predicted molar refractivity (Wildman–Crippen MR) is 48.8 cm³/mol. The fourth-order valence-electron chi connectivity index (χ4n) is 0.742. The van der Waals surface area contributed by atoms with Gasteiger partial charge in [0.15, 0.2) is 0 Å². The molecule has 0 fully saturated rings. The van der Waals surface area contributed by atoms with Crippen molar-refractivity contribution in [1.82, 2.24) is 0 Å². The van der Waals surface area contributed by atoms with Crippen molar-refractivity contribution in [3.05, 3.63) is 0 Å². The van der Waals surface area contributed by atoms with Crippen molar-refractivity contribution >= 4 is 5.97 Å². The summed E-state index contributed by atoms with van der Waals surface area (Å²) >= 11 is 0. The smallest absolute Gasteiger partial charge is 0.305 e. The summed E-state index contributed by atoms with van der Waals surface area (Å²) in [5, 5.41) is 8.28. The van der Waals surface area contributed by atoms with Crippen LogP contribution in [-0.4, -0.2) is 37.0 Å². The third kappa shape index (κ3) is 11.4. The van der Waals surface area contributed by atoms with E-state index in [1.165, 1.54) is 0 Å². The molecule has 13 heavy (non-hydrogen) atoms. The highest BCUT2D eigenvalue weighted by Crippen LogP contribution is 1.91. The van der Waals surface area contributed by atoms with E-state index >= 15 is 0 Å². The highest BCUT2D eigenvalue weighted by Gasteiger charge is 1.96. The molecule has 0 spiro atoms. The zero-order valence-electron chi connectivity index (χ0n) is 8.28. The van der Waals surface area contributed by atoms with Crippen LogP contribution in [0.3, 0.4) is 0 Å². The summed E-state index contributed by atoms with van der Waals surface area (Å²) in [5.41, 5.74) is 0. The fourth-order valence-corrected chi connectivity index (χ4v) is 0.742. The summed E-state index contributed by atoms with van der Waals surface area (Å²) in [7, 11) is 0. The Hall–Kier alpha value is -0.610. The van der Waals surface area contributed by atoms with E-state index in [1.54, 1.807) is 0 Å². The molecule has 0 aliphatic carbocycles. The van der Waals surface area contributed by atoms with E-state index in [4.69, 9.17) is 14.6 Å². The average molecular weight is 190 g/mol. The van der Waals surface area contributed by atoms with Gasteiger partial charge in [0.2, 0.25) is 0 Å². The highest BCUT2D eigenvalue weighted by atomic mass is 16.5. The normalized spacial score (nSPS) is 10.7. The van der Waals surface area contributed by atoms with Crippen molar-refractivity contribution in [1.29, 1.82) is 0 Å². The number of ether oxygens (including phenoxy) is 2. The summed E-state index contributed by atoms with van der Waals surface area (Å²) in [6.45, 7) is 5.48. The van der Waals surface area contributed by atoms with Crippen LogP contribution < -0.4 is 0 Å². The Bertz CT molecular complexity index is 134. The van der Waals surface area contributed by atoms with Crippen molar-refractivity contribution in [3.8, 4) is 0 Å². The first-order chi connectivity index (χ1) is 6.13. The molecule has 0 radical (unpaired) electrons. The molecule has 0 atom stereocenters. The Morgan fingerprint density at radius 3 is 2.54 bits per heavy atom. The second-order valence-electron chi connectivity index (χ2n) is 3.03. The number of carboxylic acid groups (broad SMARTS) is 1. The maximum atomic E-state index is 10.1. The van der Waals surface area contributed by atoms with E-state index in [1.807, 2.05) is 13.8 Å². The minimum atomic E-state index is -0.821. The molecule has 0 aromatic heterocycles. The second-order valence-corrected chi connectivity index (χ2v) is 3.03. The van der Waals surface area contributed by atoms with Crippen LogP contribution in [0, 0.1) is 0 Å². The standard InChI is InChI=1S/C9H18O4/c1-8(2)13-6-3-5-12-7-4-9(10)11/h8H,3-7H2,1-2H3,(H,10,11). The van der Waals surface area contributed by atoms with E-state index < -0.39 is 5.97 Å². The lowest BCUT2D eigenvalue weighted by Gasteiger charge is -2.06. The van der Waals surface area contributed by atoms with Crippen LogP contribution in [-0.2, 0) is 14.3 Å². The summed E-state index contributed by atoms with van der Waals surface area (Å²) in [4.78, 5) is 10.1. The lowest BCUT2D eigenvalue weighted by atomic mass is 10.4. The van der Waals surface area contributed by atoms with E-state index in [-0.39, 0.29) is 19.1 Å². The minimum Gasteiger partial charge on any atom is -0.481 e. The van der Waals surface area contributed by atoms with Crippen LogP contribution in [0.5, 0.6) is 0 Å². The largest absolute Gasteiger partial charge is 0.481 e.